The van der Waals surface area contributed by atoms with E-state index in [4.69, 9.17) is 20.2 Å². The van der Waals surface area contributed by atoms with E-state index in [1.54, 1.807) is 6.92 Å². The van der Waals surface area contributed by atoms with Gasteiger partial charge in [-0.2, -0.15) is 23.1 Å². The van der Waals surface area contributed by atoms with Crippen LogP contribution in [-0.4, -0.2) is 63.9 Å². The molecule has 6 rings (SSSR count). The third-order valence-corrected chi connectivity index (χ3v) is 9.23. The van der Waals surface area contributed by atoms with Crippen LogP contribution in [0, 0.1) is 17.7 Å². The molecule has 236 valence electrons. The highest BCUT2D eigenvalue weighted by atomic mass is 19.4. The first kappa shape index (κ1) is 30.6. The Hall–Kier alpha value is -3.40. The van der Waals surface area contributed by atoms with Crippen LogP contribution in [0.3, 0.4) is 0 Å². The maximum Gasteiger partial charge on any atom is 0.418 e. The van der Waals surface area contributed by atoms with E-state index in [0.29, 0.717) is 43.2 Å². The zero-order chi connectivity index (χ0) is 31.4. The minimum absolute atomic E-state index is 0.0879. The van der Waals surface area contributed by atoms with Crippen molar-refractivity contribution in [2.45, 2.75) is 82.4 Å². The molecule has 3 saturated heterocycles. The number of nitrogen functional groups attached to an aromatic ring is 1. The Kier molecular flexibility index (Phi) is 7.79. The number of aliphatic hydroxyl groups is 1. The fourth-order valence-electron chi connectivity index (χ4n) is 7.33. The maximum absolute atomic E-state index is 15.5. The second kappa shape index (κ2) is 11.2. The quantitative estimate of drug-likeness (QED) is 0.212. The highest BCUT2D eigenvalue weighted by Gasteiger charge is 2.47. The number of hydrogen-bond acceptors (Lipinski definition) is 8. The Bertz CT molecular complexity index is 1550. The molecule has 3 N–H and O–H groups in total. The van der Waals surface area contributed by atoms with Crippen molar-refractivity contribution in [3.63, 3.8) is 0 Å². The van der Waals surface area contributed by atoms with Gasteiger partial charge in [0.05, 0.1) is 40.8 Å². The van der Waals surface area contributed by atoms with E-state index in [0.717, 1.165) is 50.4 Å². The molecule has 4 aliphatic heterocycles. The van der Waals surface area contributed by atoms with Crippen LogP contribution in [0.4, 0.5) is 29.1 Å². The molecule has 2 aromatic rings. The molecule has 0 aliphatic carbocycles. The summed E-state index contributed by atoms with van der Waals surface area (Å²) in [6.07, 6.45) is -2.25. The Labute approximate surface area is 254 Å². The minimum atomic E-state index is -4.91. The Morgan fingerprint density at radius 3 is 2.75 bits per heavy atom. The van der Waals surface area contributed by atoms with Gasteiger partial charge in [0.1, 0.15) is 12.4 Å². The van der Waals surface area contributed by atoms with Gasteiger partial charge in [0, 0.05) is 42.7 Å². The number of nitrogens with two attached hydrogens (primary N) is 1. The fraction of sp³-hybridized carbons (Fsp3) is 0.562. The lowest BCUT2D eigenvalue weighted by atomic mass is 9.90. The summed E-state index contributed by atoms with van der Waals surface area (Å²) in [5, 5.41) is 10.8. The van der Waals surface area contributed by atoms with Crippen molar-refractivity contribution in [1.82, 2.24) is 14.9 Å². The Balaban J connectivity index is 1.40. The first-order valence-corrected chi connectivity index (χ1v) is 15.0. The minimum Gasteiger partial charge on any atom is -0.461 e. The van der Waals surface area contributed by atoms with Crippen LogP contribution in [0.2, 0.25) is 0 Å². The zero-order valence-electron chi connectivity index (χ0n) is 25.0. The number of anilines is 2. The lowest BCUT2D eigenvalue weighted by molar-refractivity contribution is -0.140. The normalized spacial score (nSPS) is 27.1. The molecule has 44 heavy (non-hydrogen) atoms. The molecule has 12 heteroatoms. The SMILES string of the molecule is C=C1CN2CCC[C@@]2(COc2nc3c(c(N4CCC[C@@](C)(O)C4)n2)CO[C@H](c2c(F)c(N)cc(C#CC)c2C(F)(F)F)C3)C1. The summed E-state index contributed by atoms with van der Waals surface area (Å²) in [6.45, 7) is 10.2. The highest BCUT2D eigenvalue weighted by Crippen LogP contribution is 2.45. The van der Waals surface area contributed by atoms with Gasteiger partial charge >= 0.3 is 12.2 Å². The number of nitrogens with zero attached hydrogens (tertiary/aromatic N) is 4. The molecule has 0 amide bonds. The van der Waals surface area contributed by atoms with E-state index in [2.05, 4.69) is 28.3 Å². The molecule has 1 aromatic heterocycles. The lowest BCUT2D eigenvalue weighted by Gasteiger charge is -2.39. The number of fused-ring (bicyclic) bond motifs is 2. The molecule has 3 fully saturated rings. The molecule has 1 aromatic carbocycles. The standard InChI is InChI=1S/C32H37F4N5O3/c1-4-7-20-12-22(37)27(33)25(26(20)32(34,35)36)24-13-23-21(16-43-24)28(40-10-5-8-30(3,42)17-40)39-29(38-23)44-18-31-9-6-11-41(31)15-19(2)14-31/h12,24,42H,2,5-6,8-11,13-18,37H2,1,3H3/t24-,30+,31-/m0/s1. The molecule has 0 unspecified atom stereocenters. The number of β-amino-alcohol motifs (C(OH)–C–C–N with tert-alkyl or cyclic N) is 1. The van der Waals surface area contributed by atoms with E-state index in [1.165, 1.54) is 6.92 Å². The number of rotatable bonds is 5. The second-order valence-corrected chi connectivity index (χ2v) is 12.7. The van der Waals surface area contributed by atoms with Crippen LogP contribution in [0.5, 0.6) is 6.01 Å². The van der Waals surface area contributed by atoms with Crippen LogP contribution >= 0.6 is 0 Å². The van der Waals surface area contributed by atoms with Gasteiger partial charge < -0.3 is 25.2 Å². The molecule has 0 bridgehead atoms. The van der Waals surface area contributed by atoms with Gasteiger partial charge in [-0.1, -0.05) is 18.1 Å². The largest absolute Gasteiger partial charge is 0.461 e. The highest BCUT2D eigenvalue weighted by molar-refractivity contribution is 5.59. The van der Waals surface area contributed by atoms with Crippen LogP contribution in [-0.2, 0) is 23.9 Å². The molecular formula is C32H37F4N5O3. The average Bonchev–Trinajstić information content (AvgIpc) is 3.47. The van der Waals surface area contributed by atoms with Crippen molar-refractivity contribution < 1.29 is 32.1 Å². The molecule has 0 radical (unpaired) electrons. The molecule has 0 spiro atoms. The summed E-state index contributed by atoms with van der Waals surface area (Å²) in [6, 6.07) is 0.997. The van der Waals surface area contributed by atoms with Crippen molar-refractivity contribution in [3.8, 4) is 17.9 Å². The summed E-state index contributed by atoms with van der Waals surface area (Å²) in [5.74, 6) is 4.20. The van der Waals surface area contributed by atoms with Gasteiger partial charge in [-0.25, -0.2) is 4.39 Å². The Morgan fingerprint density at radius 1 is 1.25 bits per heavy atom. The number of hydrogen-bond donors (Lipinski definition) is 2. The van der Waals surface area contributed by atoms with Crippen LogP contribution in [0.1, 0.15) is 80.0 Å². The zero-order valence-corrected chi connectivity index (χ0v) is 25.0. The monoisotopic (exact) mass is 615 g/mol. The second-order valence-electron chi connectivity index (χ2n) is 12.7. The van der Waals surface area contributed by atoms with Gasteiger partial charge in [-0.05, 0) is 58.6 Å². The van der Waals surface area contributed by atoms with E-state index in [9.17, 15) is 18.3 Å². The van der Waals surface area contributed by atoms with Gasteiger partial charge in [0.15, 0.2) is 5.82 Å². The number of ether oxygens (including phenoxy) is 2. The number of halogens is 4. The number of aromatic nitrogens is 2. The number of piperidine rings is 1. The summed E-state index contributed by atoms with van der Waals surface area (Å²) in [5.41, 5.74) is 4.07. The molecular weight excluding hydrogens is 578 g/mol. The summed E-state index contributed by atoms with van der Waals surface area (Å²) in [4.78, 5) is 13.7. The summed E-state index contributed by atoms with van der Waals surface area (Å²) < 4.78 is 70.9. The predicted molar refractivity (Wildman–Crippen MR) is 156 cm³/mol. The van der Waals surface area contributed by atoms with Crippen LogP contribution < -0.4 is 15.4 Å². The van der Waals surface area contributed by atoms with E-state index in [-0.39, 0.29) is 24.6 Å². The smallest absolute Gasteiger partial charge is 0.418 e. The average molecular weight is 616 g/mol. The third kappa shape index (κ3) is 5.61. The van der Waals surface area contributed by atoms with Crippen molar-refractivity contribution in [3.05, 3.63) is 52.0 Å². The predicted octanol–water partition coefficient (Wildman–Crippen LogP) is 4.93. The van der Waals surface area contributed by atoms with Gasteiger partial charge in [0.25, 0.3) is 0 Å². The molecule has 5 heterocycles. The molecule has 4 aliphatic rings. The van der Waals surface area contributed by atoms with Crippen molar-refractivity contribution >= 4 is 11.5 Å². The van der Waals surface area contributed by atoms with Crippen LogP contribution in [0.25, 0.3) is 0 Å². The van der Waals surface area contributed by atoms with Crippen molar-refractivity contribution in [2.24, 2.45) is 0 Å². The lowest BCUT2D eigenvalue weighted by Crippen LogP contribution is -2.47. The molecule has 8 nitrogen and oxygen atoms in total. The Morgan fingerprint density at radius 2 is 2.02 bits per heavy atom. The third-order valence-electron chi connectivity index (χ3n) is 9.23. The van der Waals surface area contributed by atoms with Crippen molar-refractivity contribution in [1.29, 1.82) is 0 Å². The topological polar surface area (TPSA) is 97.0 Å². The van der Waals surface area contributed by atoms with E-state index < -0.39 is 46.1 Å². The van der Waals surface area contributed by atoms with Gasteiger partial charge in [-0.3, -0.25) is 4.90 Å². The first-order chi connectivity index (χ1) is 20.8. The van der Waals surface area contributed by atoms with Gasteiger partial charge in [-0.15, -0.1) is 5.92 Å². The summed E-state index contributed by atoms with van der Waals surface area (Å²) in [7, 11) is 0. The van der Waals surface area contributed by atoms with Crippen LogP contribution in [0.15, 0.2) is 18.2 Å². The number of benzene rings is 1. The molecule has 0 saturated carbocycles. The number of alkyl halides is 3. The van der Waals surface area contributed by atoms with E-state index >= 15 is 4.39 Å². The fourth-order valence-corrected chi connectivity index (χ4v) is 7.33. The first-order valence-electron chi connectivity index (χ1n) is 15.0. The van der Waals surface area contributed by atoms with Gasteiger partial charge in [0.2, 0.25) is 0 Å². The molecule has 3 atom stereocenters. The maximum atomic E-state index is 15.5. The summed E-state index contributed by atoms with van der Waals surface area (Å²) >= 11 is 0. The van der Waals surface area contributed by atoms with E-state index in [1.807, 2.05) is 4.90 Å². The van der Waals surface area contributed by atoms with Crippen molar-refractivity contribution in [2.75, 3.05) is 43.4 Å².